The largest absolute Gasteiger partial charge is 0.387 e. The zero-order valence-electron chi connectivity index (χ0n) is 29.1. The van der Waals surface area contributed by atoms with E-state index >= 15 is 0 Å². The third-order valence-corrected chi connectivity index (χ3v) is 10.1. The van der Waals surface area contributed by atoms with Crippen LogP contribution in [0.1, 0.15) is 83.0 Å². The average molecular weight is 685 g/mol. The molecule has 0 aliphatic heterocycles. The quantitative estimate of drug-likeness (QED) is 0.115. The van der Waals surface area contributed by atoms with Crippen LogP contribution in [0.15, 0.2) is 140 Å². The smallest absolute Gasteiger partial charge is 0.184 e. The van der Waals surface area contributed by atoms with Gasteiger partial charge in [0.1, 0.15) is 17.1 Å². The molecule has 258 valence electrons. The molecule has 1 aliphatic rings. The molecule has 0 spiro atoms. The summed E-state index contributed by atoms with van der Waals surface area (Å²) >= 11 is 0. The van der Waals surface area contributed by atoms with Crippen molar-refractivity contribution < 1.29 is 9.90 Å². The summed E-state index contributed by atoms with van der Waals surface area (Å²) in [5.74, 6) is 1.54. The number of tetrazole rings is 1. The number of aryl methyl sites for hydroxylation is 1. The van der Waals surface area contributed by atoms with Crippen molar-refractivity contribution >= 4 is 5.78 Å². The van der Waals surface area contributed by atoms with E-state index in [1.165, 1.54) is 0 Å². The average Bonchev–Trinajstić information content (AvgIpc) is 3.79. The van der Waals surface area contributed by atoms with Gasteiger partial charge in [0.15, 0.2) is 11.6 Å². The fourth-order valence-electron chi connectivity index (χ4n) is 7.73. The number of Topliss-reactive ketones (excluding diaryl/α,β-unsaturated/α-hetero) is 1. The molecular formula is C44H40N6O2. The summed E-state index contributed by atoms with van der Waals surface area (Å²) in [6, 6.07) is 47.9. The predicted octanol–water partition coefficient (Wildman–Crippen LogP) is 8.44. The molecule has 5 aromatic carbocycles. The van der Waals surface area contributed by atoms with Gasteiger partial charge in [-0.3, -0.25) is 4.79 Å². The molecule has 8 rings (SSSR count). The Labute approximate surface area is 303 Å². The fraction of sp³-hybridized carbons (Fsp3) is 0.205. The number of carbonyl (C=O) groups is 1. The predicted molar refractivity (Wildman–Crippen MR) is 202 cm³/mol. The highest BCUT2D eigenvalue weighted by atomic mass is 16.3. The van der Waals surface area contributed by atoms with Crippen LogP contribution in [-0.4, -0.2) is 40.6 Å². The zero-order valence-corrected chi connectivity index (χ0v) is 29.1. The number of aliphatic hydroxyl groups is 1. The van der Waals surface area contributed by atoms with Gasteiger partial charge in [0, 0.05) is 24.9 Å². The Hall–Kier alpha value is -5.99. The molecule has 1 atom stereocenters. The van der Waals surface area contributed by atoms with E-state index in [4.69, 9.17) is 15.3 Å². The van der Waals surface area contributed by atoms with E-state index in [2.05, 4.69) is 121 Å². The number of carbonyl (C=O) groups excluding carboxylic acids is 1. The van der Waals surface area contributed by atoms with E-state index in [-0.39, 0.29) is 5.78 Å². The molecule has 0 amide bonds. The lowest BCUT2D eigenvalue weighted by atomic mass is 9.77. The normalized spacial score (nSPS) is 14.6. The van der Waals surface area contributed by atoms with E-state index in [0.29, 0.717) is 43.0 Å². The van der Waals surface area contributed by atoms with Crippen molar-refractivity contribution in [3.63, 3.8) is 0 Å². The molecule has 8 nitrogen and oxygen atoms in total. The van der Waals surface area contributed by atoms with Crippen molar-refractivity contribution in [1.29, 1.82) is 0 Å². The third kappa shape index (κ3) is 5.85. The Kier molecular flexibility index (Phi) is 9.14. The molecule has 52 heavy (non-hydrogen) atoms. The van der Waals surface area contributed by atoms with E-state index in [1.54, 1.807) is 0 Å². The van der Waals surface area contributed by atoms with Gasteiger partial charge in [-0.1, -0.05) is 146 Å². The second-order valence-electron chi connectivity index (χ2n) is 13.4. The van der Waals surface area contributed by atoms with Crippen LogP contribution >= 0.6 is 0 Å². The molecular weight excluding hydrogens is 645 g/mol. The van der Waals surface area contributed by atoms with Crippen LogP contribution in [0.3, 0.4) is 0 Å². The first-order valence-electron chi connectivity index (χ1n) is 18.0. The van der Waals surface area contributed by atoms with Crippen LogP contribution in [0.5, 0.6) is 0 Å². The molecule has 0 saturated heterocycles. The lowest BCUT2D eigenvalue weighted by Crippen LogP contribution is -2.39. The van der Waals surface area contributed by atoms with Crippen LogP contribution in [-0.2, 0) is 18.5 Å². The summed E-state index contributed by atoms with van der Waals surface area (Å²) < 4.78 is 3.99. The number of benzene rings is 5. The van der Waals surface area contributed by atoms with Gasteiger partial charge in [0.25, 0.3) is 0 Å². The first-order chi connectivity index (χ1) is 25.6. The maximum Gasteiger partial charge on any atom is 0.184 e. The van der Waals surface area contributed by atoms with E-state index < -0.39 is 11.6 Å². The van der Waals surface area contributed by atoms with Crippen molar-refractivity contribution in [2.75, 3.05) is 0 Å². The van der Waals surface area contributed by atoms with Crippen LogP contribution in [0, 0.1) is 0 Å². The summed E-state index contributed by atoms with van der Waals surface area (Å²) in [7, 11) is 0. The van der Waals surface area contributed by atoms with E-state index in [0.717, 1.165) is 57.6 Å². The summed E-state index contributed by atoms with van der Waals surface area (Å²) in [6.45, 7) is 2.61. The Balaban J connectivity index is 1.23. The summed E-state index contributed by atoms with van der Waals surface area (Å²) in [5, 5.41) is 24.6. The lowest BCUT2D eigenvalue weighted by molar-refractivity contribution is 0.0973. The van der Waals surface area contributed by atoms with Crippen LogP contribution in [0.4, 0.5) is 0 Å². The van der Waals surface area contributed by atoms with Crippen molar-refractivity contribution in [1.82, 2.24) is 29.8 Å². The molecule has 0 bridgehead atoms. The summed E-state index contributed by atoms with van der Waals surface area (Å²) in [6.07, 6.45) is 2.58. The maximum atomic E-state index is 13.2. The van der Waals surface area contributed by atoms with Crippen molar-refractivity contribution in [3.05, 3.63) is 179 Å². The highest BCUT2D eigenvalue weighted by Crippen LogP contribution is 2.43. The van der Waals surface area contributed by atoms with Crippen LogP contribution < -0.4 is 0 Å². The summed E-state index contributed by atoms with van der Waals surface area (Å²) in [4.78, 5) is 18.0. The second-order valence-corrected chi connectivity index (χ2v) is 13.4. The lowest BCUT2D eigenvalue weighted by Gasteiger charge is -2.36. The van der Waals surface area contributed by atoms with E-state index in [1.807, 2.05) is 39.6 Å². The number of rotatable bonds is 10. The Bertz CT molecular complexity index is 2200. The number of hydrogen-bond acceptors (Lipinski definition) is 6. The highest BCUT2D eigenvalue weighted by molar-refractivity contribution is 5.96. The van der Waals surface area contributed by atoms with E-state index in [9.17, 15) is 9.90 Å². The molecule has 0 saturated carbocycles. The molecule has 0 fully saturated rings. The third-order valence-electron chi connectivity index (χ3n) is 10.1. The van der Waals surface area contributed by atoms with Gasteiger partial charge in [-0.2, -0.15) is 0 Å². The van der Waals surface area contributed by atoms with Crippen molar-refractivity contribution in [2.24, 2.45) is 0 Å². The number of hydrogen-bond donors (Lipinski definition) is 1. The number of fused-ring (bicyclic) bond motifs is 1. The van der Waals surface area contributed by atoms with Crippen LogP contribution in [0.25, 0.3) is 22.5 Å². The molecule has 0 unspecified atom stereocenters. The first kappa shape index (κ1) is 33.2. The van der Waals surface area contributed by atoms with Gasteiger partial charge in [0.2, 0.25) is 0 Å². The van der Waals surface area contributed by atoms with Crippen molar-refractivity contribution in [2.45, 2.75) is 57.2 Å². The maximum absolute atomic E-state index is 13.2. The molecule has 1 N–H and O–H groups in total. The Morgan fingerprint density at radius 2 is 1.33 bits per heavy atom. The summed E-state index contributed by atoms with van der Waals surface area (Å²) in [5.41, 5.74) is 7.29. The molecule has 7 aromatic rings. The Morgan fingerprint density at radius 1 is 0.750 bits per heavy atom. The number of aliphatic hydroxyl groups excluding tert-OH is 1. The van der Waals surface area contributed by atoms with Gasteiger partial charge < -0.3 is 9.67 Å². The Morgan fingerprint density at radius 3 is 1.92 bits per heavy atom. The van der Waals surface area contributed by atoms with Gasteiger partial charge in [-0.15, -0.1) is 5.10 Å². The minimum atomic E-state index is -0.871. The van der Waals surface area contributed by atoms with Gasteiger partial charge in [-0.25, -0.2) is 9.67 Å². The topological polar surface area (TPSA) is 98.7 Å². The zero-order chi connectivity index (χ0) is 35.5. The number of imidazole rings is 1. The first-order valence-corrected chi connectivity index (χ1v) is 18.0. The molecule has 2 heterocycles. The van der Waals surface area contributed by atoms with Crippen molar-refractivity contribution in [3.8, 4) is 22.5 Å². The van der Waals surface area contributed by atoms with Crippen LogP contribution in [0.2, 0.25) is 0 Å². The molecule has 2 aromatic heterocycles. The van der Waals surface area contributed by atoms with Gasteiger partial charge in [0.05, 0.1) is 11.8 Å². The van der Waals surface area contributed by atoms with Gasteiger partial charge >= 0.3 is 0 Å². The standard InChI is InChI=1S/C44H40N6O2/c1-2-15-40-45-41-38(51)24-14-25-39(52)42(41)49(40)30-31-26-28-32(29-27-31)36-22-12-13-23-37(36)43-46-47-48-50(43)44(33-16-6-3-7-17-33,34-18-8-4-9-19-34)35-20-10-5-11-21-35/h3-13,16-23,26-29,38,51H,2,14-15,24-25,30H2,1H3/t38-/m1/s1. The minimum Gasteiger partial charge on any atom is -0.387 e. The molecule has 0 radical (unpaired) electrons. The highest BCUT2D eigenvalue weighted by Gasteiger charge is 2.42. The SMILES string of the molecule is CCCc1nc2c(n1Cc1ccc(-c3ccccc3-c3nnnn3C(c3ccccc3)(c3ccccc3)c3ccccc3)cc1)C(=O)CCC[C@H]2O. The number of aromatic nitrogens is 6. The molecule has 8 heteroatoms. The second kappa shape index (κ2) is 14.3. The molecule has 1 aliphatic carbocycles. The number of nitrogens with zero attached hydrogens (tertiary/aromatic N) is 6. The fourth-order valence-corrected chi connectivity index (χ4v) is 7.73. The monoisotopic (exact) mass is 684 g/mol. The van der Waals surface area contributed by atoms with Gasteiger partial charge in [-0.05, 0) is 63.1 Å². The minimum absolute atomic E-state index is 0.0576. The number of ketones is 1.